The standard InChI is InChI=1S/C29H25ClF3N7O3S/c1-4-18(41)38-5-6-39-17(10-38)28(42)40-12(9-37(2)3)11-43-27-25(40)24(39)13-7-14(30)19(21(33)22(13)35-27)20-15(31)8-16(32)26-23(20)36-29(34)44-26/h4,7-8,12,17H,1,5-6,9-11H2,2-3H3,(H2,34,36)/t12-,17+/m0/s1. The number of carbonyl (C=O) groups excluding carboxylic acids is 2. The molecule has 3 aliphatic rings. The van der Waals surface area contributed by atoms with Crippen molar-refractivity contribution < 1.29 is 27.5 Å². The quantitative estimate of drug-likeness (QED) is 0.332. The smallest absolute Gasteiger partial charge is 0.252 e. The van der Waals surface area contributed by atoms with E-state index in [-0.39, 0.29) is 86.3 Å². The Morgan fingerprint density at radius 2 is 1.95 bits per heavy atom. The predicted octanol–water partition coefficient (Wildman–Crippen LogP) is 4.04. The molecular formula is C29H25ClF3N7O3S. The summed E-state index contributed by atoms with van der Waals surface area (Å²) in [4.78, 5) is 42.2. The van der Waals surface area contributed by atoms with Crippen molar-refractivity contribution in [1.29, 1.82) is 0 Å². The van der Waals surface area contributed by atoms with Gasteiger partial charge >= 0.3 is 0 Å². The number of benzene rings is 2. The van der Waals surface area contributed by atoms with Crippen molar-refractivity contribution >= 4 is 72.4 Å². The van der Waals surface area contributed by atoms with Gasteiger partial charge in [0.15, 0.2) is 10.9 Å². The van der Waals surface area contributed by atoms with Crippen molar-refractivity contribution in [2.45, 2.75) is 12.1 Å². The van der Waals surface area contributed by atoms with Crippen molar-refractivity contribution in [2.75, 3.05) is 62.4 Å². The molecule has 44 heavy (non-hydrogen) atoms. The molecule has 0 spiro atoms. The number of thiazole rings is 1. The number of hydrogen-bond donors (Lipinski definition) is 1. The lowest BCUT2D eigenvalue weighted by Crippen LogP contribution is -2.66. The molecule has 0 radical (unpaired) electrons. The summed E-state index contributed by atoms with van der Waals surface area (Å²) < 4.78 is 52.7. The van der Waals surface area contributed by atoms with Gasteiger partial charge < -0.3 is 25.2 Å². The van der Waals surface area contributed by atoms with E-state index in [1.165, 1.54) is 12.1 Å². The first kappa shape index (κ1) is 28.6. The number of nitrogens with zero attached hydrogens (tertiary/aromatic N) is 6. The third kappa shape index (κ3) is 4.11. The number of fused-ring (bicyclic) bond motifs is 5. The Labute approximate surface area is 258 Å². The number of likely N-dealkylation sites (N-methyl/N-ethyl adjacent to an activating group) is 1. The zero-order valence-corrected chi connectivity index (χ0v) is 25.1. The summed E-state index contributed by atoms with van der Waals surface area (Å²) in [7, 11) is 3.75. The van der Waals surface area contributed by atoms with Crippen molar-refractivity contribution in [3.05, 3.63) is 47.3 Å². The molecule has 0 unspecified atom stereocenters. The molecule has 3 aliphatic heterocycles. The van der Waals surface area contributed by atoms with Gasteiger partial charge in [-0.3, -0.25) is 14.5 Å². The van der Waals surface area contributed by atoms with Gasteiger partial charge in [-0.2, -0.15) is 0 Å². The molecule has 15 heteroatoms. The minimum absolute atomic E-state index is 0.0229. The van der Waals surface area contributed by atoms with Crippen LogP contribution in [0.5, 0.6) is 5.88 Å². The van der Waals surface area contributed by atoms with Gasteiger partial charge in [-0.15, -0.1) is 0 Å². The fourth-order valence-corrected chi connectivity index (χ4v) is 7.45. The van der Waals surface area contributed by atoms with E-state index in [1.807, 2.05) is 23.9 Å². The number of pyridine rings is 1. The number of anilines is 3. The average Bonchev–Trinajstić information content (AvgIpc) is 3.38. The van der Waals surface area contributed by atoms with Gasteiger partial charge in [0.1, 0.15) is 35.5 Å². The first-order valence-electron chi connectivity index (χ1n) is 13.7. The van der Waals surface area contributed by atoms with Gasteiger partial charge in [-0.05, 0) is 26.2 Å². The highest BCUT2D eigenvalue weighted by molar-refractivity contribution is 7.22. The highest BCUT2D eigenvalue weighted by atomic mass is 35.5. The Kier molecular flexibility index (Phi) is 6.64. The Morgan fingerprint density at radius 1 is 1.18 bits per heavy atom. The van der Waals surface area contributed by atoms with Crippen LogP contribution in [0.3, 0.4) is 0 Å². The number of amides is 2. The molecule has 2 N–H and O–H groups in total. The molecule has 5 heterocycles. The van der Waals surface area contributed by atoms with E-state index in [1.54, 1.807) is 9.80 Å². The fourth-order valence-electron chi connectivity index (χ4n) is 6.42. The Balaban J connectivity index is 1.49. The molecule has 2 aromatic heterocycles. The molecule has 0 saturated carbocycles. The minimum atomic E-state index is -1.07. The van der Waals surface area contributed by atoms with Crippen LogP contribution in [-0.4, -0.2) is 90.5 Å². The molecular weight excluding hydrogens is 619 g/mol. The van der Waals surface area contributed by atoms with E-state index in [4.69, 9.17) is 22.1 Å². The van der Waals surface area contributed by atoms with Crippen LogP contribution in [0.1, 0.15) is 0 Å². The molecule has 0 aliphatic carbocycles. The van der Waals surface area contributed by atoms with Crippen molar-refractivity contribution in [1.82, 2.24) is 19.8 Å². The monoisotopic (exact) mass is 643 g/mol. The van der Waals surface area contributed by atoms with Crippen molar-refractivity contribution in [2.24, 2.45) is 0 Å². The number of hydrogen-bond acceptors (Lipinski definition) is 9. The maximum atomic E-state index is 16.7. The Bertz CT molecular complexity index is 1940. The lowest BCUT2D eigenvalue weighted by Gasteiger charge is -2.51. The number of halogens is 4. The summed E-state index contributed by atoms with van der Waals surface area (Å²) in [6.07, 6.45) is 1.20. The summed E-state index contributed by atoms with van der Waals surface area (Å²) in [5.74, 6) is -3.42. The topological polar surface area (TPSA) is 108 Å². The van der Waals surface area contributed by atoms with Crippen LogP contribution in [0.15, 0.2) is 24.8 Å². The largest absolute Gasteiger partial charge is 0.474 e. The molecule has 2 amide bonds. The van der Waals surface area contributed by atoms with Crippen LogP contribution < -0.4 is 20.3 Å². The molecule has 1 saturated heterocycles. The van der Waals surface area contributed by atoms with Crippen LogP contribution in [0, 0.1) is 17.5 Å². The number of aromatic nitrogens is 2. The Hall–Kier alpha value is -4.14. The number of carbonyl (C=O) groups is 2. The SMILES string of the molecule is C=CC(=O)N1CCN2c3c4c(nc5c(F)c(-c6c(F)cc(F)c7sc(N)nc67)c(Cl)cc35)OC[C@H](CN(C)C)N4C(=O)[C@H]2C1. The summed E-state index contributed by atoms with van der Waals surface area (Å²) in [5, 5.41) is 0.0744. The minimum Gasteiger partial charge on any atom is -0.474 e. The summed E-state index contributed by atoms with van der Waals surface area (Å²) in [5.41, 5.74) is 5.62. The van der Waals surface area contributed by atoms with Crippen molar-refractivity contribution in [3.63, 3.8) is 0 Å². The van der Waals surface area contributed by atoms with Crippen LogP contribution in [0.25, 0.3) is 32.2 Å². The second-order valence-corrected chi connectivity index (χ2v) is 12.6. The van der Waals surface area contributed by atoms with Gasteiger partial charge in [0.25, 0.3) is 5.91 Å². The maximum Gasteiger partial charge on any atom is 0.252 e. The zero-order chi connectivity index (χ0) is 31.2. The third-order valence-corrected chi connectivity index (χ3v) is 9.39. The second-order valence-electron chi connectivity index (χ2n) is 11.1. The van der Waals surface area contributed by atoms with Gasteiger partial charge in [0.05, 0.1) is 33.5 Å². The van der Waals surface area contributed by atoms with E-state index in [0.717, 1.165) is 11.3 Å². The van der Waals surface area contributed by atoms with Gasteiger partial charge in [-0.25, -0.2) is 23.1 Å². The van der Waals surface area contributed by atoms with E-state index in [2.05, 4.69) is 16.5 Å². The number of nitrogen functional groups attached to an aromatic ring is 1. The number of piperazine rings is 1. The summed E-state index contributed by atoms with van der Waals surface area (Å²) in [6, 6.07) is 0.928. The Morgan fingerprint density at radius 3 is 2.68 bits per heavy atom. The predicted molar refractivity (Wildman–Crippen MR) is 163 cm³/mol. The first-order valence-corrected chi connectivity index (χ1v) is 14.9. The fraction of sp³-hybridized carbons (Fsp3) is 0.310. The van der Waals surface area contributed by atoms with E-state index in [9.17, 15) is 14.0 Å². The molecule has 10 nitrogen and oxygen atoms in total. The normalized spacial score (nSPS) is 19.4. The van der Waals surface area contributed by atoms with Crippen LogP contribution >= 0.6 is 22.9 Å². The highest BCUT2D eigenvalue weighted by Gasteiger charge is 2.49. The van der Waals surface area contributed by atoms with E-state index >= 15 is 8.78 Å². The first-order chi connectivity index (χ1) is 21.0. The van der Waals surface area contributed by atoms with E-state index < -0.39 is 29.5 Å². The summed E-state index contributed by atoms with van der Waals surface area (Å²) in [6.45, 7) is 4.75. The van der Waals surface area contributed by atoms with Crippen LogP contribution in [0.2, 0.25) is 5.02 Å². The van der Waals surface area contributed by atoms with Gasteiger partial charge in [-0.1, -0.05) is 29.5 Å². The van der Waals surface area contributed by atoms with Crippen molar-refractivity contribution in [3.8, 4) is 17.0 Å². The van der Waals surface area contributed by atoms with Gasteiger partial charge in [0, 0.05) is 42.2 Å². The second kappa shape index (κ2) is 10.2. The lowest BCUT2D eigenvalue weighted by molar-refractivity contribution is -0.129. The van der Waals surface area contributed by atoms with Crippen LogP contribution in [0.4, 0.5) is 29.7 Å². The number of ether oxygens (including phenoxy) is 1. The lowest BCUT2D eigenvalue weighted by atomic mass is 9.95. The number of nitrogens with two attached hydrogens (primary N) is 1. The average molecular weight is 644 g/mol. The molecule has 0 bridgehead atoms. The van der Waals surface area contributed by atoms with Crippen LogP contribution in [-0.2, 0) is 9.59 Å². The highest BCUT2D eigenvalue weighted by Crippen LogP contribution is 2.52. The molecule has 2 atom stereocenters. The van der Waals surface area contributed by atoms with E-state index in [0.29, 0.717) is 24.0 Å². The maximum absolute atomic E-state index is 16.7. The molecule has 228 valence electrons. The molecule has 2 aromatic carbocycles. The molecule has 4 aromatic rings. The molecule has 7 rings (SSSR count). The third-order valence-electron chi connectivity index (χ3n) is 8.20. The molecule has 1 fully saturated rings. The number of rotatable bonds is 4. The zero-order valence-electron chi connectivity index (χ0n) is 23.5. The summed E-state index contributed by atoms with van der Waals surface area (Å²) >= 11 is 7.54. The van der Waals surface area contributed by atoms with Gasteiger partial charge in [0.2, 0.25) is 11.8 Å².